The number of benzene rings is 1. The molecule has 0 bridgehead atoms. The number of nitrogens with zero attached hydrogens (tertiary/aromatic N) is 1. The van der Waals surface area contributed by atoms with Crippen LogP contribution < -0.4 is 5.73 Å². The topological polar surface area (TPSA) is 55.6 Å². The molecule has 0 aliphatic rings. The molecular formula is C10H14N2O2. The van der Waals surface area contributed by atoms with Crippen molar-refractivity contribution in [1.29, 1.82) is 0 Å². The zero-order valence-electron chi connectivity index (χ0n) is 8.57. The molecule has 1 rings (SSSR count). The predicted octanol–water partition coefficient (Wildman–Crippen LogP) is 1.21. The summed E-state index contributed by atoms with van der Waals surface area (Å²) in [5.74, 6) is -0.176. The number of carbonyl (C=O) groups excluding carboxylic acids is 1. The minimum atomic E-state index is -0.176. The highest BCUT2D eigenvalue weighted by Crippen LogP contribution is 2.14. The Morgan fingerprint density at radius 1 is 1.50 bits per heavy atom. The molecule has 0 radical (unpaired) electrons. The molecule has 4 heteroatoms. The van der Waals surface area contributed by atoms with E-state index in [-0.39, 0.29) is 5.91 Å². The second-order valence-corrected chi connectivity index (χ2v) is 3.06. The summed E-state index contributed by atoms with van der Waals surface area (Å²) in [6.45, 7) is 1.84. The van der Waals surface area contributed by atoms with Crippen LogP contribution in [0.1, 0.15) is 15.9 Å². The molecule has 2 N–H and O–H groups in total. The number of carbonyl (C=O) groups is 1. The van der Waals surface area contributed by atoms with Crippen molar-refractivity contribution in [3.8, 4) is 0 Å². The first-order chi connectivity index (χ1) is 6.56. The second kappa shape index (κ2) is 4.11. The Labute approximate surface area is 83.2 Å². The van der Waals surface area contributed by atoms with Crippen LogP contribution >= 0.6 is 0 Å². The average molecular weight is 194 g/mol. The van der Waals surface area contributed by atoms with E-state index < -0.39 is 0 Å². The Balaban J connectivity index is 3.02. The highest BCUT2D eigenvalue weighted by Gasteiger charge is 2.13. The molecule has 0 saturated heterocycles. The van der Waals surface area contributed by atoms with E-state index in [9.17, 15) is 4.79 Å². The summed E-state index contributed by atoms with van der Waals surface area (Å²) in [5.41, 5.74) is 7.68. The Morgan fingerprint density at radius 3 is 2.64 bits per heavy atom. The van der Waals surface area contributed by atoms with Crippen LogP contribution in [0, 0.1) is 6.92 Å². The van der Waals surface area contributed by atoms with Crippen LogP contribution in [0.4, 0.5) is 5.69 Å². The first kappa shape index (κ1) is 10.5. The molecule has 1 aromatic rings. The minimum Gasteiger partial charge on any atom is -0.399 e. The van der Waals surface area contributed by atoms with Crippen LogP contribution in [-0.2, 0) is 4.84 Å². The third kappa shape index (κ3) is 2.03. The predicted molar refractivity (Wildman–Crippen MR) is 54.7 cm³/mol. The van der Waals surface area contributed by atoms with Gasteiger partial charge in [-0.3, -0.25) is 9.63 Å². The summed E-state index contributed by atoms with van der Waals surface area (Å²) >= 11 is 0. The Bertz CT molecular complexity index is 350. The minimum absolute atomic E-state index is 0.176. The van der Waals surface area contributed by atoms with E-state index in [1.54, 1.807) is 25.2 Å². The summed E-state index contributed by atoms with van der Waals surface area (Å²) in [6, 6.07) is 5.16. The summed E-state index contributed by atoms with van der Waals surface area (Å²) in [4.78, 5) is 16.5. The lowest BCUT2D eigenvalue weighted by molar-refractivity contribution is -0.0757. The SMILES string of the molecule is CON(C)C(=O)c1ccc(N)cc1C. The van der Waals surface area contributed by atoms with Gasteiger partial charge in [0, 0.05) is 18.3 Å². The smallest absolute Gasteiger partial charge is 0.277 e. The third-order valence-corrected chi connectivity index (χ3v) is 2.04. The van der Waals surface area contributed by atoms with Crippen molar-refractivity contribution in [1.82, 2.24) is 5.06 Å². The number of anilines is 1. The molecular weight excluding hydrogens is 180 g/mol. The van der Waals surface area contributed by atoms with Gasteiger partial charge in [-0.1, -0.05) is 0 Å². The van der Waals surface area contributed by atoms with Gasteiger partial charge in [0.2, 0.25) is 0 Å². The van der Waals surface area contributed by atoms with Gasteiger partial charge >= 0.3 is 0 Å². The summed E-state index contributed by atoms with van der Waals surface area (Å²) in [5, 5.41) is 1.18. The first-order valence-electron chi connectivity index (χ1n) is 4.24. The van der Waals surface area contributed by atoms with Crippen molar-refractivity contribution in [3.05, 3.63) is 29.3 Å². The molecule has 0 atom stereocenters. The number of nitrogens with two attached hydrogens (primary N) is 1. The van der Waals surface area contributed by atoms with E-state index in [1.807, 2.05) is 6.92 Å². The van der Waals surface area contributed by atoms with E-state index in [1.165, 1.54) is 12.2 Å². The molecule has 1 aromatic carbocycles. The van der Waals surface area contributed by atoms with Gasteiger partial charge in [0.05, 0.1) is 7.11 Å². The Hall–Kier alpha value is -1.55. The molecule has 0 aliphatic heterocycles. The fourth-order valence-corrected chi connectivity index (χ4v) is 1.18. The van der Waals surface area contributed by atoms with E-state index in [0.29, 0.717) is 11.3 Å². The van der Waals surface area contributed by atoms with Gasteiger partial charge < -0.3 is 5.73 Å². The molecule has 14 heavy (non-hydrogen) atoms. The third-order valence-electron chi connectivity index (χ3n) is 2.04. The fourth-order valence-electron chi connectivity index (χ4n) is 1.18. The highest BCUT2D eigenvalue weighted by molar-refractivity contribution is 5.95. The zero-order valence-corrected chi connectivity index (χ0v) is 8.57. The average Bonchev–Trinajstić information content (AvgIpc) is 2.15. The first-order valence-corrected chi connectivity index (χ1v) is 4.24. The van der Waals surface area contributed by atoms with Crippen molar-refractivity contribution in [2.24, 2.45) is 0 Å². The van der Waals surface area contributed by atoms with Gasteiger partial charge in [0.15, 0.2) is 0 Å². The standard InChI is InChI=1S/C10H14N2O2/c1-7-6-8(11)4-5-9(7)10(13)12(2)14-3/h4-6H,11H2,1-3H3. The van der Waals surface area contributed by atoms with Crippen molar-refractivity contribution >= 4 is 11.6 Å². The van der Waals surface area contributed by atoms with E-state index >= 15 is 0 Å². The Morgan fingerprint density at radius 2 is 2.14 bits per heavy atom. The summed E-state index contributed by atoms with van der Waals surface area (Å²) < 4.78 is 0. The van der Waals surface area contributed by atoms with Gasteiger partial charge in [-0.2, -0.15) is 0 Å². The zero-order chi connectivity index (χ0) is 10.7. The lowest BCUT2D eigenvalue weighted by Crippen LogP contribution is -2.26. The maximum absolute atomic E-state index is 11.7. The van der Waals surface area contributed by atoms with E-state index in [4.69, 9.17) is 10.6 Å². The molecule has 76 valence electrons. The van der Waals surface area contributed by atoms with Gasteiger partial charge in [-0.05, 0) is 30.7 Å². The molecule has 0 heterocycles. The number of hydroxylamine groups is 2. The number of hydrogen-bond acceptors (Lipinski definition) is 3. The molecule has 0 aromatic heterocycles. The fraction of sp³-hybridized carbons (Fsp3) is 0.300. The number of aryl methyl sites for hydroxylation is 1. The van der Waals surface area contributed by atoms with E-state index in [2.05, 4.69) is 0 Å². The molecule has 0 fully saturated rings. The quantitative estimate of drug-likeness (QED) is 0.568. The van der Waals surface area contributed by atoms with Crippen molar-refractivity contribution in [2.45, 2.75) is 6.92 Å². The van der Waals surface area contributed by atoms with Crippen LogP contribution in [-0.4, -0.2) is 25.1 Å². The number of hydrogen-bond donors (Lipinski definition) is 1. The lowest BCUT2D eigenvalue weighted by Gasteiger charge is -2.15. The van der Waals surface area contributed by atoms with Crippen LogP contribution in [0.5, 0.6) is 0 Å². The summed E-state index contributed by atoms with van der Waals surface area (Å²) in [7, 11) is 3.02. The molecule has 1 amide bonds. The van der Waals surface area contributed by atoms with Crippen LogP contribution in [0.25, 0.3) is 0 Å². The number of nitrogen functional groups attached to an aromatic ring is 1. The van der Waals surface area contributed by atoms with Gasteiger partial charge in [0.25, 0.3) is 5.91 Å². The largest absolute Gasteiger partial charge is 0.399 e. The number of amides is 1. The van der Waals surface area contributed by atoms with Crippen molar-refractivity contribution in [2.75, 3.05) is 19.9 Å². The van der Waals surface area contributed by atoms with Gasteiger partial charge in [-0.25, -0.2) is 5.06 Å². The number of rotatable bonds is 2. The normalized spacial score (nSPS) is 9.93. The van der Waals surface area contributed by atoms with E-state index in [0.717, 1.165) is 5.56 Å². The molecule has 0 spiro atoms. The van der Waals surface area contributed by atoms with Gasteiger partial charge in [-0.15, -0.1) is 0 Å². The molecule has 0 unspecified atom stereocenters. The van der Waals surface area contributed by atoms with Crippen LogP contribution in [0.15, 0.2) is 18.2 Å². The molecule has 0 aliphatic carbocycles. The van der Waals surface area contributed by atoms with Crippen molar-refractivity contribution < 1.29 is 9.63 Å². The van der Waals surface area contributed by atoms with Crippen LogP contribution in [0.3, 0.4) is 0 Å². The summed E-state index contributed by atoms with van der Waals surface area (Å²) in [6.07, 6.45) is 0. The van der Waals surface area contributed by atoms with Crippen molar-refractivity contribution in [3.63, 3.8) is 0 Å². The highest BCUT2D eigenvalue weighted by atomic mass is 16.7. The molecule has 0 saturated carbocycles. The Kier molecular flexibility index (Phi) is 3.09. The monoisotopic (exact) mass is 194 g/mol. The maximum atomic E-state index is 11.7. The van der Waals surface area contributed by atoms with Gasteiger partial charge in [0.1, 0.15) is 0 Å². The van der Waals surface area contributed by atoms with Crippen LogP contribution in [0.2, 0.25) is 0 Å². The lowest BCUT2D eigenvalue weighted by atomic mass is 10.1. The maximum Gasteiger partial charge on any atom is 0.277 e. The second-order valence-electron chi connectivity index (χ2n) is 3.06. The molecule has 4 nitrogen and oxygen atoms in total.